The highest BCUT2D eigenvalue weighted by Crippen LogP contribution is 2.26. The van der Waals surface area contributed by atoms with E-state index in [1.165, 1.54) is 11.3 Å². The Morgan fingerprint density at radius 2 is 1.70 bits per heavy atom. The molecule has 4 nitrogen and oxygen atoms in total. The summed E-state index contributed by atoms with van der Waals surface area (Å²) in [5, 5.41) is 2.56. The maximum Gasteiger partial charge on any atom is 0.271 e. The van der Waals surface area contributed by atoms with Gasteiger partial charge in [-0.3, -0.25) is 8.98 Å². The molecule has 0 N–H and O–H groups in total. The molecule has 1 aromatic heterocycles. The quantitative estimate of drug-likeness (QED) is 0.505. The summed E-state index contributed by atoms with van der Waals surface area (Å²) in [5.74, 6) is -0.579. The lowest BCUT2D eigenvalue weighted by molar-refractivity contribution is 0.0926. The summed E-state index contributed by atoms with van der Waals surface area (Å²) in [5.41, 5.74) is 1.13. The Kier molecular flexibility index (Phi) is 4.56. The average Bonchev–Trinajstić information content (AvgIpc) is 2.97. The second-order valence-electron chi connectivity index (χ2n) is 5.02. The fourth-order valence-electron chi connectivity index (χ4n) is 2.23. The maximum absolute atomic E-state index is 12.2. The van der Waals surface area contributed by atoms with Gasteiger partial charge in [-0.25, -0.2) is 0 Å². The number of carbonyl (C=O) groups excluding carboxylic acids is 1. The lowest BCUT2D eigenvalue weighted by Crippen LogP contribution is -2.15. The molecular weight excluding hydrogens is 332 g/mol. The Labute approximate surface area is 138 Å². The minimum absolute atomic E-state index is 0.245. The van der Waals surface area contributed by atoms with E-state index in [-0.39, 0.29) is 11.5 Å². The second-order valence-corrected chi connectivity index (χ2v) is 7.57. The molecule has 1 heterocycles. The summed E-state index contributed by atoms with van der Waals surface area (Å²) in [6, 6.07) is 16.2. The molecule has 0 spiro atoms. The first kappa shape index (κ1) is 15.9. The van der Waals surface area contributed by atoms with E-state index in [9.17, 15) is 13.2 Å². The number of hydrogen-bond acceptors (Lipinski definition) is 5. The van der Waals surface area contributed by atoms with Crippen LogP contribution in [0.15, 0.2) is 60.0 Å². The fourth-order valence-corrected chi connectivity index (χ4v) is 4.17. The van der Waals surface area contributed by atoms with Gasteiger partial charge >= 0.3 is 0 Å². The SMILES string of the molecule is O=C(COS(=O)(=O)Cc1ccccc1)c1csc2ccccc12. The maximum atomic E-state index is 12.2. The molecule has 6 heteroatoms. The van der Waals surface area contributed by atoms with E-state index in [1.54, 1.807) is 29.6 Å². The van der Waals surface area contributed by atoms with Crippen LogP contribution in [0.1, 0.15) is 15.9 Å². The van der Waals surface area contributed by atoms with Gasteiger partial charge in [-0.15, -0.1) is 11.3 Å². The van der Waals surface area contributed by atoms with Crippen molar-refractivity contribution in [1.82, 2.24) is 0 Å². The van der Waals surface area contributed by atoms with Gasteiger partial charge in [-0.05, 0) is 11.6 Å². The topological polar surface area (TPSA) is 60.4 Å². The number of Topliss-reactive ketones (excluding diaryl/α,β-unsaturated/α-hetero) is 1. The summed E-state index contributed by atoms with van der Waals surface area (Å²) in [4.78, 5) is 12.2. The summed E-state index contributed by atoms with van der Waals surface area (Å²) in [7, 11) is -3.79. The molecule has 0 radical (unpaired) electrons. The van der Waals surface area contributed by atoms with Crippen LogP contribution in [0.2, 0.25) is 0 Å². The predicted molar refractivity (Wildman–Crippen MR) is 91.2 cm³/mol. The molecule has 0 bridgehead atoms. The van der Waals surface area contributed by atoms with Crippen molar-refractivity contribution in [2.24, 2.45) is 0 Å². The number of thiophene rings is 1. The summed E-state index contributed by atoms with van der Waals surface area (Å²) < 4.78 is 29.8. The smallest absolute Gasteiger partial charge is 0.271 e. The Morgan fingerprint density at radius 1 is 1.00 bits per heavy atom. The van der Waals surface area contributed by atoms with Crippen molar-refractivity contribution in [2.75, 3.05) is 6.61 Å². The van der Waals surface area contributed by atoms with Crippen LogP contribution in [0, 0.1) is 0 Å². The van der Waals surface area contributed by atoms with Crippen molar-refractivity contribution < 1.29 is 17.4 Å². The Morgan fingerprint density at radius 3 is 2.48 bits per heavy atom. The van der Waals surface area contributed by atoms with Crippen molar-refractivity contribution in [1.29, 1.82) is 0 Å². The van der Waals surface area contributed by atoms with E-state index < -0.39 is 16.7 Å². The van der Waals surface area contributed by atoms with Crippen LogP contribution in [-0.2, 0) is 20.1 Å². The lowest BCUT2D eigenvalue weighted by atomic mass is 10.1. The summed E-state index contributed by atoms with van der Waals surface area (Å²) in [6.07, 6.45) is 0. The van der Waals surface area contributed by atoms with Gasteiger partial charge in [0, 0.05) is 21.0 Å². The molecule has 0 aliphatic rings. The molecule has 3 rings (SSSR count). The van der Waals surface area contributed by atoms with Gasteiger partial charge in [-0.2, -0.15) is 8.42 Å². The van der Waals surface area contributed by atoms with Crippen molar-refractivity contribution in [2.45, 2.75) is 5.75 Å². The van der Waals surface area contributed by atoms with Crippen LogP contribution in [0.4, 0.5) is 0 Å². The molecule has 0 aliphatic carbocycles. The van der Waals surface area contributed by atoms with Gasteiger partial charge in [0.2, 0.25) is 0 Å². The van der Waals surface area contributed by atoms with Crippen molar-refractivity contribution in [3.8, 4) is 0 Å². The summed E-state index contributed by atoms with van der Waals surface area (Å²) in [6.45, 7) is -0.476. The highest BCUT2D eigenvalue weighted by atomic mass is 32.2. The van der Waals surface area contributed by atoms with Crippen LogP contribution in [0.25, 0.3) is 10.1 Å². The molecule has 0 unspecified atom stereocenters. The molecule has 0 atom stereocenters. The molecule has 0 aliphatic heterocycles. The number of carbonyl (C=O) groups is 1. The van der Waals surface area contributed by atoms with Crippen LogP contribution in [0.3, 0.4) is 0 Å². The third-order valence-electron chi connectivity index (χ3n) is 3.34. The number of ketones is 1. The number of benzene rings is 2. The lowest BCUT2D eigenvalue weighted by Gasteiger charge is -2.05. The van der Waals surface area contributed by atoms with Gasteiger partial charge in [-0.1, -0.05) is 48.5 Å². The zero-order chi connectivity index (χ0) is 16.3. The molecule has 0 amide bonds. The standard InChI is InChI=1S/C17H14O4S2/c18-16(15-11-22-17-9-5-4-8-14(15)17)10-21-23(19,20)12-13-6-2-1-3-7-13/h1-9,11H,10,12H2. The first-order valence-corrected chi connectivity index (χ1v) is 9.41. The van der Waals surface area contributed by atoms with Gasteiger partial charge in [0.1, 0.15) is 12.4 Å². The van der Waals surface area contributed by atoms with Crippen LogP contribution >= 0.6 is 11.3 Å². The molecule has 0 saturated carbocycles. The first-order valence-electron chi connectivity index (χ1n) is 6.96. The average molecular weight is 346 g/mol. The normalized spacial score (nSPS) is 11.7. The molecule has 0 fully saturated rings. The van der Waals surface area contributed by atoms with Gasteiger partial charge < -0.3 is 0 Å². The zero-order valence-corrected chi connectivity index (χ0v) is 13.8. The monoisotopic (exact) mass is 346 g/mol. The highest BCUT2D eigenvalue weighted by molar-refractivity contribution is 7.85. The van der Waals surface area contributed by atoms with Crippen molar-refractivity contribution in [3.63, 3.8) is 0 Å². The van der Waals surface area contributed by atoms with E-state index in [2.05, 4.69) is 0 Å². The first-order chi connectivity index (χ1) is 11.1. The van der Waals surface area contributed by atoms with Crippen molar-refractivity contribution in [3.05, 3.63) is 71.1 Å². The molecule has 23 heavy (non-hydrogen) atoms. The summed E-state index contributed by atoms with van der Waals surface area (Å²) >= 11 is 1.45. The van der Waals surface area contributed by atoms with Crippen molar-refractivity contribution >= 4 is 37.3 Å². The minimum Gasteiger partial charge on any atom is -0.291 e. The molecule has 118 valence electrons. The van der Waals surface area contributed by atoms with E-state index in [1.807, 2.05) is 30.3 Å². The van der Waals surface area contributed by atoms with Crippen LogP contribution < -0.4 is 0 Å². The Hall–Kier alpha value is -2.02. The Balaban J connectivity index is 1.69. The second kappa shape index (κ2) is 6.62. The van der Waals surface area contributed by atoms with E-state index in [0.29, 0.717) is 11.1 Å². The largest absolute Gasteiger partial charge is 0.291 e. The third-order valence-corrected chi connectivity index (χ3v) is 5.46. The fraction of sp³-hybridized carbons (Fsp3) is 0.118. The number of rotatable bonds is 6. The predicted octanol–water partition coefficient (Wildman–Crippen LogP) is 3.63. The van der Waals surface area contributed by atoms with E-state index in [0.717, 1.165) is 10.1 Å². The van der Waals surface area contributed by atoms with E-state index >= 15 is 0 Å². The Bertz CT molecular complexity index is 927. The van der Waals surface area contributed by atoms with Gasteiger partial charge in [0.25, 0.3) is 10.1 Å². The van der Waals surface area contributed by atoms with E-state index in [4.69, 9.17) is 4.18 Å². The zero-order valence-electron chi connectivity index (χ0n) is 12.1. The van der Waals surface area contributed by atoms with Crippen LogP contribution in [-0.4, -0.2) is 20.8 Å². The highest BCUT2D eigenvalue weighted by Gasteiger charge is 2.18. The van der Waals surface area contributed by atoms with Gasteiger partial charge in [0.15, 0.2) is 5.78 Å². The molecule has 0 saturated heterocycles. The van der Waals surface area contributed by atoms with Gasteiger partial charge in [0.05, 0.1) is 0 Å². The molecule has 3 aromatic rings. The van der Waals surface area contributed by atoms with Crippen LogP contribution in [0.5, 0.6) is 0 Å². The molecule has 2 aromatic carbocycles. The molecular formula is C17H14O4S2. The number of hydrogen-bond donors (Lipinski definition) is 0. The third kappa shape index (κ3) is 3.85. The minimum atomic E-state index is -3.79. The number of fused-ring (bicyclic) bond motifs is 1.